The van der Waals surface area contributed by atoms with E-state index >= 15 is 8.78 Å². The van der Waals surface area contributed by atoms with E-state index in [2.05, 4.69) is 5.32 Å². The molecule has 0 radical (unpaired) electrons. The highest BCUT2D eigenvalue weighted by Crippen LogP contribution is 2.34. The maximum atomic E-state index is 15.5. The Hall–Kier alpha value is -4.60. The molecule has 9 heteroatoms. The van der Waals surface area contributed by atoms with Gasteiger partial charge < -0.3 is 25.3 Å². The van der Waals surface area contributed by atoms with Crippen molar-refractivity contribution in [1.82, 2.24) is 5.32 Å². The van der Waals surface area contributed by atoms with Crippen LogP contribution in [0.25, 0.3) is 11.1 Å². The SMILES string of the molecule is CCOC(C(=O)NCc1ccc(C(=N)N)cc1)c1c(F)cc(-c2ccccc2OCCOCc2ccccc2)cc1F. The number of benzene rings is 4. The number of halogens is 2. The molecule has 0 aromatic heterocycles. The number of para-hydroxylation sites is 1. The first-order valence-corrected chi connectivity index (χ1v) is 13.5. The zero-order valence-corrected chi connectivity index (χ0v) is 23.2. The van der Waals surface area contributed by atoms with Crippen molar-refractivity contribution in [2.24, 2.45) is 5.73 Å². The van der Waals surface area contributed by atoms with Crippen molar-refractivity contribution in [1.29, 1.82) is 5.41 Å². The average Bonchev–Trinajstić information content (AvgIpc) is 3.00. The van der Waals surface area contributed by atoms with Gasteiger partial charge in [0.15, 0.2) is 6.10 Å². The van der Waals surface area contributed by atoms with Crippen LogP contribution in [-0.4, -0.2) is 31.6 Å². The molecule has 4 rings (SSSR count). The summed E-state index contributed by atoms with van der Waals surface area (Å²) in [6, 6.07) is 25.8. The van der Waals surface area contributed by atoms with E-state index in [1.54, 1.807) is 55.5 Å². The van der Waals surface area contributed by atoms with Crippen molar-refractivity contribution in [3.05, 3.63) is 125 Å². The van der Waals surface area contributed by atoms with Crippen molar-refractivity contribution < 1.29 is 27.8 Å². The van der Waals surface area contributed by atoms with Gasteiger partial charge in [-0.15, -0.1) is 0 Å². The van der Waals surface area contributed by atoms with E-state index < -0.39 is 29.2 Å². The van der Waals surface area contributed by atoms with Gasteiger partial charge in [0.25, 0.3) is 5.91 Å². The molecule has 1 atom stereocenters. The summed E-state index contributed by atoms with van der Waals surface area (Å²) >= 11 is 0. The lowest BCUT2D eigenvalue weighted by Crippen LogP contribution is -2.31. The van der Waals surface area contributed by atoms with Crippen molar-refractivity contribution >= 4 is 11.7 Å². The number of ether oxygens (including phenoxy) is 3. The van der Waals surface area contributed by atoms with Crippen LogP contribution in [0.3, 0.4) is 0 Å². The normalized spacial score (nSPS) is 11.6. The summed E-state index contributed by atoms with van der Waals surface area (Å²) in [5, 5.41) is 10.1. The average molecular weight is 574 g/mol. The molecule has 0 saturated carbocycles. The number of hydrogen-bond donors (Lipinski definition) is 3. The molecule has 0 saturated heterocycles. The zero-order valence-electron chi connectivity index (χ0n) is 23.2. The van der Waals surface area contributed by atoms with Crippen LogP contribution >= 0.6 is 0 Å². The number of nitrogen functional groups attached to an aromatic ring is 1. The number of amidine groups is 1. The minimum atomic E-state index is -1.49. The summed E-state index contributed by atoms with van der Waals surface area (Å²) in [5.74, 6) is -2.13. The van der Waals surface area contributed by atoms with Crippen LogP contribution in [0.15, 0.2) is 91.0 Å². The first-order valence-electron chi connectivity index (χ1n) is 13.5. The quantitative estimate of drug-likeness (QED) is 0.0989. The van der Waals surface area contributed by atoms with E-state index in [9.17, 15) is 4.79 Å². The molecule has 7 nitrogen and oxygen atoms in total. The number of carbonyl (C=O) groups excluding carboxylic acids is 1. The molecule has 0 fully saturated rings. The van der Waals surface area contributed by atoms with E-state index in [4.69, 9.17) is 25.4 Å². The van der Waals surface area contributed by atoms with Gasteiger partial charge in [-0.25, -0.2) is 8.78 Å². The molecule has 0 aliphatic heterocycles. The number of nitrogens with one attached hydrogen (secondary N) is 2. The topological polar surface area (TPSA) is 107 Å². The highest BCUT2D eigenvalue weighted by molar-refractivity contribution is 5.94. The van der Waals surface area contributed by atoms with Crippen LogP contribution in [0.5, 0.6) is 5.75 Å². The van der Waals surface area contributed by atoms with Crippen molar-refractivity contribution in [3.8, 4) is 16.9 Å². The van der Waals surface area contributed by atoms with Crippen LogP contribution in [0, 0.1) is 17.0 Å². The van der Waals surface area contributed by atoms with Gasteiger partial charge in [0.1, 0.15) is 29.8 Å². The molecule has 0 spiro atoms. The molecule has 4 aromatic rings. The lowest BCUT2D eigenvalue weighted by molar-refractivity contribution is -0.133. The fourth-order valence-corrected chi connectivity index (χ4v) is 4.34. The lowest BCUT2D eigenvalue weighted by atomic mass is 9.99. The van der Waals surface area contributed by atoms with Gasteiger partial charge in [-0.05, 0) is 41.8 Å². The molecule has 218 valence electrons. The number of amides is 1. The second-order valence-corrected chi connectivity index (χ2v) is 9.40. The van der Waals surface area contributed by atoms with Crippen LogP contribution < -0.4 is 15.8 Å². The summed E-state index contributed by atoms with van der Waals surface area (Å²) in [7, 11) is 0. The highest BCUT2D eigenvalue weighted by atomic mass is 19.1. The number of hydrogen-bond acceptors (Lipinski definition) is 5. The molecule has 0 aliphatic rings. The number of nitrogens with two attached hydrogens (primary N) is 1. The van der Waals surface area contributed by atoms with Gasteiger partial charge in [-0.3, -0.25) is 10.2 Å². The second-order valence-electron chi connectivity index (χ2n) is 9.40. The smallest absolute Gasteiger partial charge is 0.254 e. The maximum absolute atomic E-state index is 15.5. The molecule has 4 N–H and O–H groups in total. The molecule has 0 aliphatic carbocycles. The first-order chi connectivity index (χ1) is 20.4. The largest absolute Gasteiger partial charge is 0.491 e. The van der Waals surface area contributed by atoms with Gasteiger partial charge in [-0.2, -0.15) is 0 Å². The van der Waals surface area contributed by atoms with E-state index in [1.165, 1.54) is 12.1 Å². The Kier molecular flexibility index (Phi) is 10.7. The molecular weight excluding hydrogens is 540 g/mol. The van der Waals surface area contributed by atoms with Gasteiger partial charge in [-0.1, -0.05) is 72.8 Å². The molecule has 0 bridgehead atoms. The molecule has 42 heavy (non-hydrogen) atoms. The summed E-state index contributed by atoms with van der Waals surface area (Å²) in [6.45, 7) is 2.83. The molecule has 1 amide bonds. The van der Waals surface area contributed by atoms with Crippen LogP contribution in [0.2, 0.25) is 0 Å². The van der Waals surface area contributed by atoms with Crippen molar-refractivity contribution in [3.63, 3.8) is 0 Å². The summed E-state index contributed by atoms with van der Waals surface area (Å²) < 4.78 is 48.0. The van der Waals surface area contributed by atoms with Crippen molar-refractivity contribution in [2.75, 3.05) is 19.8 Å². The van der Waals surface area contributed by atoms with Gasteiger partial charge >= 0.3 is 0 Å². The Morgan fingerprint density at radius 2 is 1.57 bits per heavy atom. The third-order valence-corrected chi connectivity index (χ3v) is 6.44. The van der Waals surface area contributed by atoms with Crippen LogP contribution in [0.4, 0.5) is 8.78 Å². The summed E-state index contributed by atoms with van der Waals surface area (Å²) in [4.78, 5) is 13.0. The Balaban J connectivity index is 1.44. The van der Waals surface area contributed by atoms with Gasteiger partial charge in [0, 0.05) is 24.3 Å². The monoisotopic (exact) mass is 573 g/mol. The van der Waals surface area contributed by atoms with E-state index in [0.29, 0.717) is 30.1 Å². The van der Waals surface area contributed by atoms with E-state index in [1.807, 2.05) is 30.3 Å². The molecule has 1 unspecified atom stereocenters. The standard InChI is InChI=1S/C33H33F2N3O4/c1-2-41-31(33(39)38-20-22-12-14-24(15-13-22)32(36)37)30-27(34)18-25(19-28(30)35)26-10-6-7-11-29(26)42-17-16-40-21-23-8-4-3-5-9-23/h3-15,18-19,31H,2,16-17,20-21H2,1H3,(H3,36,37)(H,38,39). The molecular formula is C33H33F2N3O4. The second kappa shape index (κ2) is 14.9. The fourth-order valence-electron chi connectivity index (χ4n) is 4.34. The minimum absolute atomic E-state index is 0.0645. The molecule has 4 aromatic carbocycles. The maximum Gasteiger partial charge on any atom is 0.254 e. The van der Waals surface area contributed by atoms with Crippen molar-refractivity contribution in [2.45, 2.75) is 26.2 Å². The fraction of sp³-hybridized carbons (Fsp3) is 0.212. The number of rotatable bonds is 14. The first kappa shape index (κ1) is 30.4. The molecule has 0 heterocycles. The van der Waals surface area contributed by atoms with Gasteiger partial charge in [0.2, 0.25) is 0 Å². The zero-order chi connectivity index (χ0) is 29.9. The minimum Gasteiger partial charge on any atom is -0.491 e. The van der Waals surface area contributed by atoms with Crippen LogP contribution in [0.1, 0.15) is 35.3 Å². The third kappa shape index (κ3) is 7.99. The summed E-state index contributed by atoms with van der Waals surface area (Å²) in [6.07, 6.45) is -1.49. The lowest BCUT2D eigenvalue weighted by Gasteiger charge is -2.20. The Bertz CT molecular complexity index is 1470. The van der Waals surface area contributed by atoms with Gasteiger partial charge in [0.05, 0.1) is 18.8 Å². The van der Waals surface area contributed by atoms with Crippen LogP contribution in [-0.2, 0) is 27.4 Å². The van der Waals surface area contributed by atoms with E-state index in [-0.39, 0.29) is 31.2 Å². The number of carbonyl (C=O) groups is 1. The van der Waals surface area contributed by atoms with E-state index in [0.717, 1.165) is 11.1 Å². The summed E-state index contributed by atoms with van der Waals surface area (Å²) in [5.41, 5.74) is 8.07. The Morgan fingerprint density at radius 1 is 0.905 bits per heavy atom. The highest BCUT2D eigenvalue weighted by Gasteiger charge is 2.28. The predicted octanol–water partition coefficient (Wildman–Crippen LogP) is 5.91. The third-order valence-electron chi connectivity index (χ3n) is 6.44. The Labute approximate surface area is 243 Å². The Morgan fingerprint density at radius 3 is 2.24 bits per heavy atom. The predicted molar refractivity (Wildman–Crippen MR) is 157 cm³/mol.